The number of nitrogen functional groups attached to an aromatic ring is 1. The monoisotopic (exact) mass is 540 g/mol. The molecular formula is C28H36N4O7. The zero-order valence-corrected chi connectivity index (χ0v) is 21.4. The highest BCUT2D eigenvalue weighted by Gasteiger charge is 2.40. The van der Waals surface area contributed by atoms with Crippen LogP contribution in [-0.2, 0) is 16.0 Å². The smallest absolute Gasteiger partial charge is 0.304 e. The zero-order chi connectivity index (χ0) is 25.7. The van der Waals surface area contributed by atoms with Gasteiger partial charge in [-0.1, -0.05) is 48.5 Å². The van der Waals surface area contributed by atoms with Crippen LogP contribution >= 0.6 is 0 Å². The van der Waals surface area contributed by atoms with Gasteiger partial charge in [0.1, 0.15) is 5.84 Å². The molecule has 1 saturated heterocycles. The van der Waals surface area contributed by atoms with E-state index < -0.39 is 11.9 Å². The van der Waals surface area contributed by atoms with Crippen molar-refractivity contribution < 1.29 is 35.9 Å². The predicted octanol–water partition coefficient (Wildman–Crippen LogP) is 0.704. The van der Waals surface area contributed by atoms with Crippen LogP contribution in [0.15, 0.2) is 66.7 Å². The van der Waals surface area contributed by atoms with Gasteiger partial charge in [-0.05, 0) is 53.8 Å². The number of hydrogen-bond donors (Lipinski definition) is 4. The fraction of sp³-hybridized carbons (Fsp3) is 0.286. The molecule has 0 bridgehead atoms. The van der Waals surface area contributed by atoms with E-state index in [0.717, 1.165) is 23.6 Å². The van der Waals surface area contributed by atoms with Crippen LogP contribution in [0.5, 0.6) is 0 Å². The number of fused-ring (bicyclic) bond motifs is 1. The van der Waals surface area contributed by atoms with E-state index in [4.69, 9.17) is 11.1 Å². The van der Waals surface area contributed by atoms with Crippen molar-refractivity contribution >= 4 is 34.4 Å². The molecule has 0 saturated carbocycles. The van der Waals surface area contributed by atoms with Crippen LogP contribution in [-0.4, -0.2) is 69.2 Å². The lowest BCUT2D eigenvalue weighted by Crippen LogP contribution is -2.42. The number of amidine groups is 1. The lowest BCUT2D eigenvalue weighted by Gasteiger charge is -2.25. The molecule has 3 aromatic carbocycles. The van der Waals surface area contributed by atoms with Crippen molar-refractivity contribution in [2.75, 3.05) is 13.1 Å². The van der Waals surface area contributed by atoms with E-state index in [1.54, 1.807) is 29.2 Å². The largest absolute Gasteiger partial charge is 0.481 e. The van der Waals surface area contributed by atoms with Crippen molar-refractivity contribution in [3.63, 3.8) is 0 Å². The Bertz CT molecular complexity index is 1300. The number of carboxylic acid groups (broad SMARTS) is 1. The number of rotatable bonds is 10. The molecule has 0 aliphatic carbocycles. The van der Waals surface area contributed by atoms with Crippen LogP contribution < -0.4 is 11.1 Å². The van der Waals surface area contributed by atoms with Crippen molar-refractivity contribution in [3.8, 4) is 0 Å². The molecule has 1 aliphatic heterocycles. The Morgan fingerprint density at radius 2 is 1.62 bits per heavy atom. The average Bonchev–Trinajstić information content (AvgIpc) is 3.15. The average molecular weight is 541 g/mol. The van der Waals surface area contributed by atoms with E-state index in [2.05, 4.69) is 5.32 Å². The Morgan fingerprint density at radius 1 is 0.974 bits per heavy atom. The van der Waals surface area contributed by atoms with Crippen molar-refractivity contribution in [2.24, 2.45) is 11.7 Å². The molecule has 0 spiro atoms. The summed E-state index contributed by atoms with van der Waals surface area (Å²) in [5.41, 5.74) is 7.82. The van der Waals surface area contributed by atoms with Gasteiger partial charge in [0.05, 0.1) is 12.3 Å². The van der Waals surface area contributed by atoms with E-state index in [1.807, 2.05) is 42.5 Å². The predicted molar refractivity (Wildman–Crippen MR) is 149 cm³/mol. The lowest BCUT2D eigenvalue weighted by molar-refractivity contribution is -0.142. The highest BCUT2D eigenvalue weighted by atomic mass is 16.4. The van der Waals surface area contributed by atoms with E-state index >= 15 is 0 Å². The van der Waals surface area contributed by atoms with Crippen molar-refractivity contribution in [1.82, 2.24) is 10.2 Å². The number of aryl methyl sites for hydroxylation is 1. The van der Waals surface area contributed by atoms with Crippen LogP contribution in [0.1, 0.15) is 40.7 Å². The van der Waals surface area contributed by atoms with Crippen LogP contribution in [0, 0.1) is 11.3 Å². The van der Waals surface area contributed by atoms with Gasteiger partial charge in [0.25, 0.3) is 5.91 Å². The molecule has 2 atom stereocenters. The third kappa shape index (κ3) is 8.08. The van der Waals surface area contributed by atoms with Gasteiger partial charge >= 0.3 is 5.97 Å². The fourth-order valence-corrected chi connectivity index (χ4v) is 4.80. The number of hydrogen-bond acceptors (Lipinski definition) is 4. The number of carbonyl (C=O) groups is 3. The van der Waals surface area contributed by atoms with Gasteiger partial charge in [-0.25, -0.2) is 0 Å². The van der Waals surface area contributed by atoms with Gasteiger partial charge in [-0.15, -0.1) is 0 Å². The first-order valence-electron chi connectivity index (χ1n) is 12.0. The second-order valence-corrected chi connectivity index (χ2v) is 9.21. The number of aliphatic carboxylic acids is 1. The molecule has 11 nitrogen and oxygen atoms in total. The maximum atomic E-state index is 13.0. The van der Waals surface area contributed by atoms with Gasteiger partial charge in [0.15, 0.2) is 0 Å². The van der Waals surface area contributed by atoms with E-state index in [-0.39, 0.29) is 53.1 Å². The number of amides is 2. The minimum absolute atomic E-state index is 0. The summed E-state index contributed by atoms with van der Waals surface area (Å²) in [5, 5.41) is 21.5. The number of nitrogens with zero attached hydrogens (tertiary/aromatic N) is 1. The molecule has 2 amide bonds. The van der Waals surface area contributed by atoms with Gasteiger partial charge in [-0.2, -0.15) is 0 Å². The lowest BCUT2D eigenvalue weighted by atomic mass is 10.0. The van der Waals surface area contributed by atoms with Gasteiger partial charge < -0.3 is 37.5 Å². The third-order valence-electron chi connectivity index (χ3n) is 6.67. The number of benzene rings is 3. The Kier molecular flexibility index (Phi) is 12.2. The Labute approximate surface area is 226 Å². The minimum atomic E-state index is -0.997. The summed E-state index contributed by atoms with van der Waals surface area (Å²) in [6.07, 6.45) is 1.76. The SMILES string of the molecule is N=C(N)c1ccc2ccc(C(=O)NC[C@@H]3C[C@@H](CC(=O)O)C(=O)N3CCCc3ccccc3)cc2c1.O.O.O. The number of nitrogens with two attached hydrogens (primary N) is 1. The third-order valence-corrected chi connectivity index (χ3v) is 6.67. The van der Waals surface area contributed by atoms with Crippen LogP contribution in [0.3, 0.4) is 0 Å². The zero-order valence-electron chi connectivity index (χ0n) is 21.4. The van der Waals surface area contributed by atoms with Crippen LogP contribution in [0.25, 0.3) is 10.8 Å². The summed E-state index contributed by atoms with van der Waals surface area (Å²) in [6, 6.07) is 20.5. The van der Waals surface area contributed by atoms with Gasteiger partial charge in [0, 0.05) is 30.3 Å². The van der Waals surface area contributed by atoms with Crippen molar-refractivity contribution in [2.45, 2.75) is 31.7 Å². The standard InChI is InChI=1S/C28H30N4O4.3H2O/c29-26(30)20-10-8-19-9-11-21(14-22(19)13-20)27(35)31-17-24-15-23(16-25(33)34)28(36)32(24)12-4-7-18-5-2-1-3-6-18;;;/h1-3,5-6,8-11,13-14,23-24H,4,7,12,15-17H2,(H3,29,30)(H,31,35)(H,33,34);3*1H2/t23-,24-;;;/m0.../s1. The molecule has 1 heterocycles. The molecule has 11 N–H and O–H groups in total. The number of carboxylic acids is 1. The summed E-state index contributed by atoms with van der Waals surface area (Å²) in [5.74, 6) is -2.05. The van der Waals surface area contributed by atoms with Gasteiger partial charge in [-0.3, -0.25) is 19.8 Å². The van der Waals surface area contributed by atoms with E-state index in [1.165, 1.54) is 5.56 Å². The minimum Gasteiger partial charge on any atom is -0.481 e. The number of likely N-dealkylation sites (tertiary alicyclic amines) is 1. The van der Waals surface area contributed by atoms with Crippen molar-refractivity contribution in [1.29, 1.82) is 5.41 Å². The molecule has 3 aromatic rings. The van der Waals surface area contributed by atoms with Crippen LogP contribution in [0.4, 0.5) is 0 Å². The Morgan fingerprint density at radius 3 is 2.26 bits per heavy atom. The summed E-state index contributed by atoms with van der Waals surface area (Å²) < 4.78 is 0. The number of carbonyl (C=O) groups excluding carboxylic acids is 2. The normalized spacial score (nSPS) is 16.0. The first-order valence-corrected chi connectivity index (χ1v) is 12.0. The Hall–Kier alpha value is -4.32. The second-order valence-electron chi connectivity index (χ2n) is 9.21. The molecule has 11 heteroatoms. The van der Waals surface area contributed by atoms with E-state index in [0.29, 0.717) is 24.1 Å². The summed E-state index contributed by atoms with van der Waals surface area (Å²) in [6.45, 7) is 0.756. The summed E-state index contributed by atoms with van der Waals surface area (Å²) >= 11 is 0. The molecule has 39 heavy (non-hydrogen) atoms. The molecule has 4 rings (SSSR count). The molecule has 0 unspecified atom stereocenters. The molecule has 0 radical (unpaired) electrons. The molecule has 1 fully saturated rings. The maximum absolute atomic E-state index is 13.0. The first-order chi connectivity index (χ1) is 17.3. The number of nitrogens with one attached hydrogen (secondary N) is 2. The van der Waals surface area contributed by atoms with Crippen molar-refractivity contribution in [3.05, 3.63) is 83.4 Å². The molecular weight excluding hydrogens is 504 g/mol. The molecule has 210 valence electrons. The highest BCUT2D eigenvalue weighted by molar-refractivity contribution is 6.02. The summed E-state index contributed by atoms with van der Waals surface area (Å²) in [4.78, 5) is 38.9. The molecule has 1 aliphatic rings. The fourth-order valence-electron chi connectivity index (χ4n) is 4.80. The quantitative estimate of drug-likeness (QED) is 0.214. The Balaban J connectivity index is 0.00000253. The molecule has 0 aromatic heterocycles. The summed E-state index contributed by atoms with van der Waals surface area (Å²) in [7, 11) is 0. The van der Waals surface area contributed by atoms with Gasteiger partial charge in [0.2, 0.25) is 5.91 Å². The topological polar surface area (TPSA) is 231 Å². The second kappa shape index (κ2) is 14.6. The highest BCUT2D eigenvalue weighted by Crippen LogP contribution is 2.28. The first kappa shape index (κ1) is 32.7. The van der Waals surface area contributed by atoms with E-state index in [9.17, 15) is 19.5 Å². The van der Waals surface area contributed by atoms with Crippen LogP contribution in [0.2, 0.25) is 0 Å². The maximum Gasteiger partial charge on any atom is 0.304 e.